The Morgan fingerprint density at radius 3 is 2.71 bits per heavy atom. The number of halogens is 1. The molecular weight excluding hydrogens is 248 g/mol. The fourth-order valence-electron chi connectivity index (χ4n) is 1.03. The molecule has 1 aromatic carbocycles. The lowest BCUT2D eigenvalue weighted by Gasteiger charge is -2.06. The fourth-order valence-corrected chi connectivity index (χ4v) is 1.41. The Kier molecular flexibility index (Phi) is 3.24. The summed E-state index contributed by atoms with van der Waals surface area (Å²) in [5.41, 5.74) is 0.602. The normalized spacial score (nSPS) is 9.57. The number of nitrogens with zero attached hydrogens (tertiary/aromatic N) is 2. The van der Waals surface area contributed by atoms with Crippen LogP contribution in [0.3, 0.4) is 0 Å². The third-order valence-corrected chi connectivity index (χ3v) is 2.04. The van der Waals surface area contributed by atoms with Gasteiger partial charge in [0.25, 0.3) is 0 Å². The van der Waals surface area contributed by atoms with Crippen LogP contribution in [-0.2, 0) is 0 Å². The second-order valence-corrected chi connectivity index (χ2v) is 3.76. The van der Waals surface area contributed by atoms with Crippen molar-refractivity contribution in [2.24, 2.45) is 0 Å². The molecule has 1 rings (SSSR count). The second-order valence-electron chi connectivity index (χ2n) is 2.85. The van der Waals surface area contributed by atoms with Crippen LogP contribution in [0.25, 0.3) is 0 Å². The van der Waals surface area contributed by atoms with Gasteiger partial charge >= 0.3 is 0 Å². The molecule has 4 nitrogen and oxygen atoms in total. The van der Waals surface area contributed by atoms with E-state index < -0.39 is 4.92 Å². The van der Waals surface area contributed by atoms with Gasteiger partial charge in [-0.25, -0.2) is 0 Å². The second kappa shape index (κ2) is 4.23. The molecule has 1 aromatic rings. The molecule has 0 aliphatic carbocycles. The van der Waals surface area contributed by atoms with Crippen molar-refractivity contribution in [3.05, 3.63) is 44.9 Å². The molecule has 0 atom stereocenters. The predicted molar refractivity (Wildman–Crippen MR) is 57.5 cm³/mol. The highest BCUT2D eigenvalue weighted by molar-refractivity contribution is 9.10. The Morgan fingerprint density at radius 1 is 1.57 bits per heavy atom. The SMILES string of the molecule is C=[N+](C)[CH-]c1cc(Br)ccc1[N+](=O)[O-]. The van der Waals surface area contributed by atoms with Gasteiger partial charge in [0, 0.05) is 4.92 Å². The number of nitro groups is 1. The number of hydrogen-bond donors (Lipinski definition) is 0. The van der Waals surface area contributed by atoms with E-state index in [9.17, 15) is 10.1 Å². The minimum Gasteiger partial charge on any atom is -0.293 e. The van der Waals surface area contributed by atoms with Crippen molar-refractivity contribution < 1.29 is 9.50 Å². The highest BCUT2D eigenvalue weighted by atomic mass is 79.9. The summed E-state index contributed by atoms with van der Waals surface area (Å²) in [5.74, 6) is 0. The maximum absolute atomic E-state index is 10.6. The van der Waals surface area contributed by atoms with Gasteiger partial charge in [0.15, 0.2) is 0 Å². The number of nitro benzene ring substituents is 1. The van der Waals surface area contributed by atoms with Gasteiger partial charge < -0.3 is 0 Å². The molecule has 5 heteroatoms. The van der Waals surface area contributed by atoms with E-state index >= 15 is 0 Å². The summed E-state index contributed by atoms with van der Waals surface area (Å²) in [6, 6.07) is 4.78. The van der Waals surface area contributed by atoms with Gasteiger partial charge in [-0.15, -0.1) is 6.07 Å². The zero-order chi connectivity index (χ0) is 10.7. The Morgan fingerprint density at radius 2 is 2.21 bits per heavy atom. The minimum atomic E-state index is -0.415. The van der Waals surface area contributed by atoms with Crippen LogP contribution in [0.1, 0.15) is 5.56 Å². The van der Waals surface area contributed by atoms with Gasteiger partial charge in [-0.05, 0) is 16.1 Å². The van der Waals surface area contributed by atoms with E-state index in [-0.39, 0.29) is 5.69 Å². The van der Waals surface area contributed by atoms with Crippen molar-refractivity contribution in [1.82, 2.24) is 0 Å². The highest BCUT2D eigenvalue weighted by Gasteiger charge is 2.09. The molecule has 0 unspecified atom stereocenters. The van der Waals surface area contributed by atoms with E-state index in [2.05, 4.69) is 22.6 Å². The first-order chi connectivity index (χ1) is 6.50. The van der Waals surface area contributed by atoms with Crippen LogP contribution >= 0.6 is 15.9 Å². The Labute approximate surface area is 90.2 Å². The van der Waals surface area contributed by atoms with Crippen LogP contribution in [-0.4, -0.2) is 23.3 Å². The lowest BCUT2D eigenvalue weighted by molar-refractivity contribution is -0.441. The Hall–Kier alpha value is -1.36. The standard InChI is InChI=1S/C9H9BrN2O2/c1-11(2)6-7-5-8(10)3-4-9(7)12(13)14/h3-6H,1H2,2H3. The summed E-state index contributed by atoms with van der Waals surface area (Å²) in [7, 11) is 1.71. The van der Waals surface area contributed by atoms with Gasteiger partial charge in [0.2, 0.25) is 5.69 Å². The summed E-state index contributed by atoms with van der Waals surface area (Å²) in [4.78, 5) is 10.2. The van der Waals surface area contributed by atoms with Crippen molar-refractivity contribution in [3.63, 3.8) is 0 Å². The first kappa shape index (κ1) is 10.7. The van der Waals surface area contributed by atoms with Crippen molar-refractivity contribution in [2.45, 2.75) is 0 Å². The van der Waals surface area contributed by atoms with Gasteiger partial charge in [-0.2, -0.15) is 0 Å². The zero-order valence-corrected chi connectivity index (χ0v) is 9.19. The van der Waals surface area contributed by atoms with Gasteiger partial charge in [0.05, 0.1) is 13.3 Å². The van der Waals surface area contributed by atoms with Crippen molar-refractivity contribution in [2.75, 3.05) is 7.05 Å². The molecule has 0 spiro atoms. The first-order valence-electron chi connectivity index (χ1n) is 3.83. The van der Waals surface area contributed by atoms with Crippen molar-refractivity contribution in [1.29, 1.82) is 0 Å². The molecular formula is C9H9BrN2O2. The minimum absolute atomic E-state index is 0.0729. The molecule has 0 aliphatic heterocycles. The molecule has 0 aliphatic rings. The van der Waals surface area contributed by atoms with E-state index in [1.807, 2.05) is 0 Å². The first-order valence-corrected chi connectivity index (χ1v) is 4.62. The molecule has 0 heterocycles. The molecule has 0 aromatic heterocycles. The lowest BCUT2D eigenvalue weighted by atomic mass is 10.2. The molecule has 74 valence electrons. The third-order valence-electron chi connectivity index (χ3n) is 1.55. The summed E-state index contributed by atoms with van der Waals surface area (Å²) in [5, 5.41) is 10.6. The molecule has 0 bridgehead atoms. The van der Waals surface area contributed by atoms with Crippen molar-refractivity contribution in [3.8, 4) is 0 Å². The number of hydrogen-bond acceptors (Lipinski definition) is 2. The molecule has 0 saturated carbocycles. The predicted octanol–water partition coefficient (Wildman–Crippen LogP) is 2.21. The monoisotopic (exact) mass is 256 g/mol. The topological polar surface area (TPSA) is 46.1 Å². The summed E-state index contributed by atoms with van der Waals surface area (Å²) in [6.07, 6.45) is 0. The summed E-state index contributed by atoms with van der Waals surface area (Å²) in [6.45, 7) is 5.20. The number of benzene rings is 1. The smallest absolute Gasteiger partial charge is 0.203 e. The Balaban J connectivity index is 3.15. The van der Waals surface area contributed by atoms with E-state index in [1.54, 1.807) is 25.7 Å². The van der Waals surface area contributed by atoms with E-state index in [4.69, 9.17) is 0 Å². The highest BCUT2D eigenvalue weighted by Crippen LogP contribution is 2.24. The van der Waals surface area contributed by atoms with Crippen LogP contribution in [0.15, 0.2) is 22.7 Å². The molecule has 14 heavy (non-hydrogen) atoms. The maximum Gasteiger partial charge on any atom is 0.203 e. The average molecular weight is 257 g/mol. The zero-order valence-electron chi connectivity index (χ0n) is 7.61. The van der Waals surface area contributed by atoms with Gasteiger partial charge in [-0.3, -0.25) is 14.7 Å². The fraction of sp³-hybridized carbons (Fsp3) is 0.111. The largest absolute Gasteiger partial charge is 0.293 e. The van der Waals surface area contributed by atoms with Gasteiger partial charge in [-0.1, -0.05) is 22.0 Å². The van der Waals surface area contributed by atoms with Crippen LogP contribution in [0, 0.1) is 16.7 Å². The average Bonchev–Trinajstić information content (AvgIpc) is 2.01. The third kappa shape index (κ3) is 2.56. The van der Waals surface area contributed by atoms with Crippen molar-refractivity contribution >= 4 is 28.3 Å². The van der Waals surface area contributed by atoms with Crippen LogP contribution < -0.4 is 0 Å². The lowest BCUT2D eigenvalue weighted by Crippen LogP contribution is -2.02. The van der Waals surface area contributed by atoms with E-state index in [1.165, 1.54) is 10.6 Å². The Bertz CT molecular complexity index is 390. The molecule has 0 saturated heterocycles. The summed E-state index contributed by atoms with van der Waals surface area (Å²) >= 11 is 3.25. The quantitative estimate of drug-likeness (QED) is 0.274. The molecule has 0 radical (unpaired) electrons. The van der Waals surface area contributed by atoms with Crippen LogP contribution in [0.4, 0.5) is 5.69 Å². The molecule has 0 amide bonds. The number of rotatable bonds is 3. The van der Waals surface area contributed by atoms with E-state index in [0.717, 1.165) is 4.47 Å². The van der Waals surface area contributed by atoms with Crippen LogP contribution in [0.2, 0.25) is 0 Å². The molecule has 0 fully saturated rings. The van der Waals surface area contributed by atoms with Gasteiger partial charge in [0.1, 0.15) is 7.05 Å². The van der Waals surface area contributed by atoms with Crippen LogP contribution in [0.5, 0.6) is 0 Å². The summed E-state index contributed by atoms with van der Waals surface area (Å²) < 4.78 is 2.32. The van der Waals surface area contributed by atoms with E-state index in [0.29, 0.717) is 5.56 Å². The maximum atomic E-state index is 10.6. The molecule has 0 N–H and O–H groups in total.